The van der Waals surface area contributed by atoms with Gasteiger partial charge in [0, 0.05) is 12.7 Å². The van der Waals surface area contributed by atoms with Crippen molar-refractivity contribution in [3.63, 3.8) is 0 Å². The van der Waals surface area contributed by atoms with Crippen molar-refractivity contribution >= 4 is 0 Å². The molecule has 0 aromatic carbocycles. The van der Waals surface area contributed by atoms with E-state index >= 15 is 0 Å². The zero-order chi connectivity index (χ0) is 9.80. The summed E-state index contributed by atoms with van der Waals surface area (Å²) in [6.07, 6.45) is 6.75. The van der Waals surface area contributed by atoms with E-state index < -0.39 is 0 Å². The fourth-order valence-electron chi connectivity index (χ4n) is 1.70. The summed E-state index contributed by atoms with van der Waals surface area (Å²) in [7, 11) is 0. The van der Waals surface area contributed by atoms with E-state index in [4.69, 9.17) is 10.5 Å². The molecule has 4 heteroatoms. The van der Waals surface area contributed by atoms with Crippen molar-refractivity contribution < 1.29 is 4.74 Å². The Labute approximate surface area is 83.5 Å². The quantitative estimate of drug-likeness (QED) is 0.785. The molecule has 4 nitrogen and oxygen atoms in total. The number of ether oxygens (including phenoxy) is 1. The molecule has 1 fully saturated rings. The predicted octanol–water partition coefficient (Wildman–Crippen LogP) is 1.26. The van der Waals surface area contributed by atoms with Crippen molar-refractivity contribution in [2.45, 2.75) is 38.3 Å². The Balaban J connectivity index is 2.00. The zero-order valence-electron chi connectivity index (χ0n) is 8.15. The molecule has 0 unspecified atom stereocenters. The van der Waals surface area contributed by atoms with Crippen LogP contribution < -0.4 is 10.5 Å². The van der Waals surface area contributed by atoms with Gasteiger partial charge in [-0.1, -0.05) is 0 Å². The first-order chi connectivity index (χ1) is 6.88. The van der Waals surface area contributed by atoms with Gasteiger partial charge in [-0.3, -0.25) is 0 Å². The second kappa shape index (κ2) is 4.37. The Hall–Kier alpha value is -1.16. The smallest absolute Gasteiger partial charge is 0.316 e. The third-order valence-electron chi connectivity index (χ3n) is 2.47. The number of hydrogen-bond acceptors (Lipinski definition) is 4. The predicted molar refractivity (Wildman–Crippen MR) is 52.8 cm³/mol. The first-order valence-electron chi connectivity index (χ1n) is 5.07. The first-order valence-corrected chi connectivity index (χ1v) is 5.07. The Kier molecular flexibility index (Phi) is 2.93. The lowest BCUT2D eigenvalue weighted by atomic mass is 10.3. The highest BCUT2D eigenvalue weighted by Crippen LogP contribution is 2.21. The van der Waals surface area contributed by atoms with Crippen molar-refractivity contribution in [1.82, 2.24) is 9.97 Å². The minimum atomic E-state index is 0.308. The average Bonchev–Trinajstić information content (AvgIpc) is 2.71. The van der Waals surface area contributed by atoms with Gasteiger partial charge < -0.3 is 10.5 Å². The molecule has 0 saturated heterocycles. The molecule has 0 atom stereocenters. The third-order valence-corrected chi connectivity index (χ3v) is 2.47. The number of aromatic nitrogens is 2. The lowest BCUT2D eigenvalue weighted by Gasteiger charge is -2.10. The monoisotopic (exact) mass is 193 g/mol. The average molecular weight is 193 g/mol. The van der Waals surface area contributed by atoms with Gasteiger partial charge in [0.05, 0.1) is 5.69 Å². The highest BCUT2D eigenvalue weighted by molar-refractivity contribution is 5.05. The Morgan fingerprint density at radius 2 is 2.21 bits per heavy atom. The molecule has 1 aliphatic rings. The van der Waals surface area contributed by atoms with Gasteiger partial charge in [-0.05, 0) is 31.7 Å². The summed E-state index contributed by atoms with van der Waals surface area (Å²) >= 11 is 0. The molecule has 0 aliphatic heterocycles. The van der Waals surface area contributed by atoms with Gasteiger partial charge in [0.15, 0.2) is 0 Å². The number of nitrogens with zero attached hydrogens (tertiary/aromatic N) is 2. The van der Waals surface area contributed by atoms with Crippen LogP contribution in [0.2, 0.25) is 0 Å². The van der Waals surface area contributed by atoms with Crippen LogP contribution in [0.1, 0.15) is 31.4 Å². The van der Waals surface area contributed by atoms with Crippen molar-refractivity contribution in [3.05, 3.63) is 18.0 Å². The minimum Gasteiger partial charge on any atom is -0.460 e. The van der Waals surface area contributed by atoms with Crippen LogP contribution in [0.15, 0.2) is 12.3 Å². The molecule has 0 spiro atoms. The van der Waals surface area contributed by atoms with Crippen LogP contribution in [0.4, 0.5) is 0 Å². The van der Waals surface area contributed by atoms with Crippen LogP contribution in [0.25, 0.3) is 0 Å². The van der Waals surface area contributed by atoms with Crippen LogP contribution in [0, 0.1) is 0 Å². The first kappa shape index (κ1) is 9.40. The third kappa shape index (κ3) is 2.20. The van der Waals surface area contributed by atoms with Crippen molar-refractivity contribution in [1.29, 1.82) is 0 Å². The Bertz CT molecular complexity index is 297. The molecule has 1 heterocycles. The van der Waals surface area contributed by atoms with Gasteiger partial charge in [-0.2, -0.15) is 4.98 Å². The van der Waals surface area contributed by atoms with Gasteiger partial charge in [0.2, 0.25) is 0 Å². The fourth-order valence-corrected chi connectivity index (χ4v) is 1.70. The van der Waals surface area contributed by atoms with E-state index in [0.717, 1.165) is 18.5 Å². The van der Waals surface area contributed by atoms with Gasteiger partial charge in [-0.15, -0.1) is 0 Å². The highest BCUT2D eigenvalue weighted by atomic mass is 16.5. The van der Waals surface area contributed by atoms with Gasteiger partial charge in [0.25, 0.3) is 0 Å². The summed E-state index contributed by atoms with van der Waals surface area (Å²) < 4.78 is 5.64. The highest BCUT2D eigenvalue weighted by Gasteiger charge is 2.17. The molecule has 0 amide bonds. The molecule has 1 saturated carbocycles. The summed E-state index contributed by atoms with van der Waals surface area (Å²) in [6.45, 7) is 0.434. The zero-order valence-corrected chi connectivity index (χ0v) is 8.15. The van der Waals surface area contributed by atoms with Crippen molar-refractivity contribution in [3.8, 4) is 6.01 Å². The second-order valence-electron chi connectivity index (χ2n) is 3.56. The summed E-state index contributed by atoms with van der Waals surface area (Å²) in [6, 6.07) is 2.28. The number of rotatable bonds is 3. The Morgan fingerprint density at radius 3 is 2.93 bits per heavy atom. The maximum absolute atomic E-state index is 5.64. The summed E-state index contributed by atoms with van der Waals surface area (Å²) in [4.78, 5) is 8.26. The van der Waals surface area contributed by atoms with Crippen molar-refractivity contribution in [2.75, 3.05) is 0 Å². The summed E-state index contributed by atoms with van der Waals surface area (Å²) in [5.74, 6) is 0. The molecule has 0 radical (unpaired) electrons. The summed E-state index contributed by atoms with van der Waals surface area (Å²) in [5.41, 5.74) is 6.31. The van der Waals surface area contributed by atoms with E-state index in [1.807, 2.05) is 6.07 Å². The molecule has 1 aromatic rings. The van der Waals surface area contributed by atoms with E-state index in [1.165, 1.54) is 12.8 Å². The van der Waals surface area contributed by atoms with Gasteiger partial charge in [-0.25, -0.2) is 4.98 Å². The number of nitrogens with two attached hydrogens (primary N) is 1. The van der Waals surface area contributed by atoms with E-state index in [-0.39, 0.29) is 0 Å². The van der Waals surface area contributed by atoms with E-state index in [0.29, 0.717) is 18.7 Å². The second-order valence-corrected chi connectivity index (χ2v) is 3.56. The fraction of sp³-hybridized carbons (Fsp3) is 0.600. The maximum Gasteiger partial charge on any atom is 0.316 e. The molecule has 14 heavy (non-hydrogen) atoms. The molecule has 1 aliphatic carbocycles. The van der Waals surface area contributed by atoms with E-state index in [1.54, 1.807) is 6.20 Å². The Morgan fingerprint density at radius 1 is 1.43 bits per heavy atom. The molecular formula is C10H15N3O. The normalized spacial score (nSPS) is 17.2. The largest absolute Gasteiger partial charge is 0.460 e. The number of hydrogen-bond donors (Lipinski definition) is 1. The minimum absolute atomic E-state index is 0.308. The maximum atomic E-state index is 5.64. The van der Waals surface area contributed by atoms with Gasteiger partial charge in [0.1, 0.15) is 6.10 Å². The SMILES string of the molecule is NCc1ccnc(OC2CCCC2)n1. The van der Waals surface area contributed by atoms with Crippen LogP contribution in [-0.2, 0) is 6.54 Å². The molecule has 1 aromatic heterocycles. The lowest BCUT2D eigenvalue weighted by molar-refractivity contribution is 0.191. The molecule has 0 bridgehead atoms. The van der Waals surface area contributed by atoms with Gasteiger partial charge >= 0.3 is 6.01 Å². The van der Waals surface area contributed by atoms with Crippen molar-refractivity contribution in [2.24, 2.45) is 5.73 Å². The molecular weight excluding hydrogens is 178 g/mol. The van der Waals surface area contributed by atoms with Crippen LogP contribution in [0.5, 0.6) is 6.01 Å². The van der Waals surface area contributed by atoms with E-state index in [2.05, 4.69) is 9.97 Å². The molecule has 76 valence electrons. The standard InChI is InChI=1S/C10H15N3O/c11-7-8-5-6-12-10(13-8)14-9-3-1-2-4-9/h5-6,9H,1-4,7,11H2. The molecule has 2 N–H and O–H groups in total. The van der Waals surface area contributed by atoms with Crippen LogP contribution >= 0.6 is 0 Å². The van der Waals surface area contributed by atoms with Crippen LogP contribution in [0.3, 0.4) is 0 Å². The lowest BCUT2D eigenvalue weighted by Crippen LogP contribution is -2.13. The molecule has 2 rings (SSSR count). The topological polar surface area (TPSA) is 61.0 Å². The summed E-state index contributed by atoms with van der Waals surface area (Å²) in [5, 5.41) is 0. The van der Waals surface area contributed by atoms with E-state index in [9.17, 15) is 0 Å². The van der Waals surface area contributed by atoms with Crippen LogP contribution in [-0.4, -0.2) is 16.1 Å².